The molecule has 0 aromatic heterocycles. The molecule has 0 radical (unpaired) electrons. The Bertz CT molecular complexity index is 318. The molecule has 0 heterocycles. The van der Waals surface area contributed by atoms with Crippen LogP contribution in [0.4, 0.5) is 0 Å². The molecule has 0 aromatic rings. The zero-order chi connectivity index (χ0) is 17.2. The van der Waals surface area contributed by atoms with Crippen LogP contribution < -0.4 is 0 Å². The van der Waals surface area contributed by atoms with Gasteiger partial charge in [-0.15, -0.1) is 0 Å². The molecular formula is C21H38O2. The average molecular weight is 323 g/mol. The molecule has 23 heavy (non-hydrogen) atoms. The molecule has 0 spiro atoms. The second-order valence-electron chi connectivity index (χ2n) is 6.56. The van der Waals surface area contributed by atoms with Crippen LogP contribution in [-0.4, -0.2) is 17.0 Å². The molecule has 1 atom stereocenters. The highest BCUT2D eigenvalue weighted by molar-refractivity contribution is 5.75. The van der Waals surface area contributed by atoms with Crippen LogP contribution in [0, 0.1) is 0 Å². The predicted octanol–water partition coefficient (Wildman–Crippen LogP) is 6.14. The van der Waals surface area contributed by atoms with E-state index in [0.717, 1.165) is 57.8 Å². The maximum absolute atomic E-state index is 10.8. The van der Waals surface area contributed by atoms with Gasteiger partial charge in [-0.3, -0.25) is 0 Å². The van der Waals surface area contributed by atoms with E-state index in [9.17, 15) is 9.90 Å². The Labute approximate surface area is 144 Å². The van der Waals surface area contributed by atoms with Crippen LogP contribution >= 0.6 is 0 Å². The molecule has 0 rings (SSSR count). The fourth-order valence-corrected chi connectivity index (χ4v) is 2.55. The van der Waals surface area contributed by atoms with E-state index in [2.05, 4.69) is 31.2 Å². The minimum Gasteiger partial charge on any atom is -0.393 e. The van der Waals surface area contributed by atoms with Crippen LogP contribution in [0.2, 0.25) is 0 Å². The first-order valence-electron chi connectivity index (χ1n) is 9.64. The Morgan fingerprint density at radius 1 is 0.870 bits per heavy atom. The lowest BCUT2D eigenvalue weighted by atomic mass is 10.1. The van der Waals surface area contributed by atoms with Gasteiger partial charge in [0.25, 0.3) is 0 Å². The summed E-state index contributed by atoms with van der Waals surface area (Å²) < 4.78 is 0. The summed E-state index contributed by atoms with van der Waals surface area (Å²) in [7, 11) is 0. The normalized spacial score (nSPS) is 13.2. The lowest BCUT2D eigenvalue weighted by molar-refractivity contribution is -0.117. The Balaban J connectivity index is 3.30. The van der Waals surface area contributed by atoms with Crippen LogP contribution in [0.1, 0.15) is 97.3 Å². The molecule has 0 aliphatic rings. The number of carbonyl (C=O) groups is 1. The number of allylic oxidation sites excluding steroid dienone is 4. The minimum atomic E-state index is -0.0984. The van der Waals surface area contributed by atoms with Crippen molar-refractivity contribution in [3.05, 3.63) is 24.3 Å². The van der Waals surface area contributed by atoms with Crippen molar-refractivity contribution < 1.29 is 9.90 Å². The van der Waals surface area contributed by atoms with E-state index in [-0.39, 0.29) is 6.10 Å². The van der Waals surface area contributed by atoms with Gasteiger partial charge in [-0.1, -0.05) is 56.9 Å². The minimum absolute atomic E-state index is 0.0984. The topological polar surface area (TPSA) is 37.3 Å². The van der Waals surface area contributed by atoms with Gasteiger partial charge in [-0.05, 0) is 58.3 Å². The monoisotopic (exact) mass is 322 g/mol. The number of hydrogen-bond acceptors (Lipinski definition) is 2. The van der Waals surface area contributed by atoms with Crippen molar-refractivity contribution in [3.63, 3.8) is 0 Å². The summed E-state index contributed by atoms with van der Waals surface area (Å²) in [6, 6.07) is 0. The summed E-state index contributed by atoms with van der Waals surface area (Å²) in [6.45, 7) is 3.84. The highest BCUT2D eigenvalue weighted by atomic mass is 16.3. The van der Waals surface area contributed by atoms with Crippen LogP contribution in [0.15, 0.2) is 24.3 Å². The fourth-order valence-electron chi connectivity index (χ4n) is 2.55. The quantitative estimate of drug-likeness (QED) is 0.274. The van der Waals surface area contributed by atoms with Gasteiger partial charge in [0, 0.05) is 6.42 Å². The summed E-state index contributed by atoms with van der Waals surface area (Å²) in [5, 5.41) is 9.73. The Hall–Kier alpha value is -0.890. The Kier molecular flexibility index (Phi) is 16.8. The van der Waals surface area contributed by atoms with Crippen molar-refractivity contribution in [2.75, 3.05) is 0 Å². The standard InChI is InChI=1S/C21H38O2/c1-3-4-18-21(23)19-16-14-12-10-8-6-5-7-9-11-13-15-17-20(2)22/h5-6,10,12,21,23H,3-4,7-9,11,13-19H2,1-2H3/b6-5-,12-10-/t21-/m1/s1. The van der Waals surface area contributed by atoms with Gasteiger partial charge < -0.3 is 9.90 Å². The molecule has 2 nitrogen and oxygen atoms in total. The van der Waals surface area contributed by atoms with E-state index in [4.69, 9.17) is 0 Å². The van der Waals surface area contributed by atoms with Gasteiger partial charge >= 0.3 is 0 Å². The Morgan fingerprint density at radius 3 is 2.13 bits per heavy atom. The summed E-state index contributed by atoms with van der Waals surface area (Å²) in [5.41, 5.74) is 0. The van der Waals surface area contributed by atoms with Crippen molar-refractivity contribution in [3.8, 4) is 0 Å². The summed E-state index contributed by atoms with van der Waals surface area (Å²) in [5.74, 6) is 0.312. The second-order valence-corrected chi connectivity index (χ2v) is 6.56. The van der Waals surface area contributed by atoms with Crippen molar-refractivity contribution in [2.45, 2.75) is 103 Å². The lowest BCUT2D eigenvalue weighted by Crippen LogP contribution is -2.05. The lowest BCUT2D eigenvalue weighted by Gasteiger charge is -2.07. The molecule has 0 bridgehead atoms. The number of rotatable bonds is 16. The van der Waals surface area contributed by atoms with E-state index in [1.807, 2.05) is 0 Å². The van der Waals surface area contributed by atoms with E-state index in [0.29, 0.717) is 5.78 Å². The Morgan fingerprint density at radius 2 is 1.48 bits per heavy atom. The molecule has 2 heteroatoms. The maximum atomic E-state index is 10.8. The third-order valence-corrected chi connectivity index (χ3v) is 4.05. The van der Waals surface area contributed by atoms with Gasteiger partial charge in [-0.25, -0.2) is 0 Å². The molecule has 1 N–H and O–H groups in total. The van der Waals surface area contributed by atoms with Crippen LogP contribution in [0.5, 0.6) is 0 Å². The van der Waals surface area contributed by atoms with Gasteiger partial charge in [-0.2, -0.15) is 0 Å². The molecular weight excluding hydrogens is 284 g/mol. The highest BCUT2D eigenvalue weighted by Crippen LogP contribution is 2.09. The molecule has 0 saturated heterocycles. The number of ketones is 1. The van der Waals surface area contributed by atoms with Crippen LogP contribution in [-0.2, 0) is 4.79 Å². The van der Waals surface area contributed by atoms with Gasteiger partial charge in [0.15, 0.2) is 0 Å². The molecule has 0 saturated carbocycles. The number of aliphatic hydroxyl groups is 1. The number of aliphatic hydroxyl groups excluding tert-OH is 1. The SMILES string of the molecule is CCCC[C@@H](O)CCC/C=C\C/C=C\CCCCCCC(C)=O. The first-order chi connectivity index (χ1) is 11.2. The summed E-state index contributed by atoms with van der Waals surface area (Å²) >= 11 is 0. The van der Waals surface area contributed by atoms with E-state index in [1.54, 1.807) is 6.92 Å². The van der Waals surface area contributed by atoms with Crippen molar-refractivity contribution in [2.24, 2.45) is 0 Å². The zero-order valence-electron chi connectivity index (χ0n) is 15.4. The first-order valence-corrected chi connectivity index (χ1v) is 9.64. The molecule has 0 fully saturated rings. The smallest absolute Gasteiger partial charge is 0.129 e. The third kappa shape index (κ3) is 19.1. The molecule has 134 valence electrons. The number of carbonyl (C=O) groups excluding carboxylic acids is 1. The van der Waals surface area contributed by atoms with Crippen molar-refractivity contribution >= 4 is 5.78 Å². The van der Waals surface area contributed by atoms with E-state index < -0.39 is 0 Å². The predicted molar refractivity (Wildman–Crippen MR) is 101 cm³/mol. The van der Waals surface area contributed by atoms with E-state index in [1.165, 1.54) is 25.7 Å². The number of Topliss-reactive ketones (excluding diaryl/α,β-unsaturated/α-hetero) is 1. The molecule has 0 aromatic carbocycles. The molecule has 0 unspecified atom stereocenters. The van der Waals surface area contributed by atoms with Crippen LogP contribution in [0.3, 0.4) is 0 Å². The molecule has 0 aliphatic carbocycles. The summed E-state index contributed by atoms with van der Waals surface area (Å²) in [4.78, 5) is 10.8. The first kappa shape index (κ1) is 22.1. The number of unbranched alkanes of at least 4 members (excludes halogenated alkanes) is 6. The number of hydrogen-bond donors (Lipinski definition) is 1. The van der Waals surface area contributed by atoms with Crippen LogP contribution in [0.25, 0.3) is 0 Å². The van der Waals surface area contributed by atoms with Gasteiger partial charge in [0.05, 0.1) is 6.10 Å². The van der Waals surface area contributed by atoms with Crippen molar-refractivity contribution in [1.29, 1.82) is 0 Å². The average Bonchev–Trinajstić information content (AvgIpc) is 2.52. The highest BCUT2D eigenvalue weighted by Gasteiger charge is 2.01. The zero-order valence-corrected chi connectivity index (χ0v) is 15.4. The fraction of sp³-hybridized carbons (Fsp3) is 0.762. The largest absolute Gasteiger partial charge is 0.393 e. The molecule has 0 aliphatic heterocycles. The summed E-state index contributed by atoms with van der Waals surface area (Å²) in [6.07, 6.45) is 22.8. The van der Waals surface area contributed by atoms with E-state index >= 15 is 0 Å². The van der Waals surface area contributed by atoms with Gasteiger partial charge in [0.1, 0.15) is 5.78 Å². The maximum Gasteiger partial charge on any atom is 0.129 e. The molecule has 0 amide bonds. The van der Waals surface area contributed by atoms with Gasteiger partial charge in [0.2, 0.25) is 0 Å². The van der Waals surface area contributed by atoms with Crippen molar-refractivity contribution in [1.82, 2.24) is 0 Å². The third-order valence-electron chi connectivity index (χ3n) is 4.05. The second kappa shape index (κ2) is 17.5.